The number of aryl methyl sites for hydroxylation is 2. The lowest BCUT2D eigenvalue weighted by Crippen LogP contribution is -2.04. The van der Waals surface area contributed by atoms with Gasteiger partial charge in [-0.15, -0.1) is 0 Å². The van der Waals surface area contributed by atoms with E-state index in [0.29, 0.717) is 12.4 Å². The van der Waals surface area contributed by atoms with Crippen LogP contribution in [0, 0.1) is 13.8 Å². The summed E-state index contributed by atoms with van der Waals surface area (Å²) in [7, 11) is 0. The Morgan fingerprint density at radius 3 is 2.71 bits per heavy atom. The van der Waals surface area contributed by atoms with Crippen molar-refractivity contribution in [3.63, 3.8) is 0 Å². The van der Waals surface area contributed by atoms with Gasteiger partial charge in [0.1, 0.15) is 11.6 Å². The van der Waals surface area contributed by atoms with Crippen molar-refractivity contribution in [1.82, 2.24) is 15.0 Å². The number of anilines is 1. The van der Waals surface area contributed by atoms with Crippen LogP contribution in [0.15, 0.2) is 45.5 Å². The van der Waals surface area contributed by atoms with Crippen LogP contribution in [0.4, 0.5) is 5.82 Å². The second-order valence-electron chi connectivity index (χ2n) is 5.53. The third kappa shape index (κ3) is 2.76. The molecule has 0 unspecified atom stereocenters. The number of para-hydroxylation sites is 1. The molecule has 24 heavy (non-hydrogen) atoms. The Morgan fingerprint density at radius 1 is 1.08 bits per heavy atom. The number of oxazole rings is 1. The number of rotatable bonds is 4. The number of hydrogen-bond donors (Lipinski definition) is 1. The van der Waals surface area contributed by atoms with E-state index in [2.05, 4.69) is 20.7 Å². The summed E-state index contributed by atoms with van der Waals surface area (Å²) >= 11 is 1.63. The zero-order valence-electron chi connectivity index (χ0n) is 13.4. The van der Waals surface area contributed by atoms with Gasteiger partial charge in [-0.3, -0.25) is 0 Å². The van der Waals surface area contributed by atoms with E-state index in [1.807, 2.05) is 49.6 Å². The van der Waals surface area contributed by atoms with Gasteiger partial charge in [0.2, 0.25) is 5.89 Å². The smallest absolute Gasteiger partial charge is 0.213 e. The summed E-state index contributed by atoms with van der Waals surface area (Å²) in [4.78, 5) is 13.8. The summed E-state index contributed by atoms with van der Waals surface area (Å²) in [6, 6.07) is 10.0. The minimum absolute atomic E-state index is 0.485. The van der Waals surface area contributed by atoms with Crippen molar-refractivity contribution in [2.45, 2.75) is 20.4 Å². The number of hydrogen-bond acceptors (Lipinski definition) is 6. The van der Waals surface area contributed by atoms with Gasteiger partial charge in [0.25, 0.3) is 0 Å². The Balaban J connectivity index is 1.72. The molecule has 0 spiro atoms. The second kappa shape index (κ2) is 6.05. The van der Waals surface area contributed by atoms with E-state index in [4.69, 9.17) is 9.40 Å². The zero-order chi connectivity index (χ0) is 16.5. The molecule has 0 aliphatic rings. The van der Waals surface area contributed by atoms with Gasteiger partial charge in [0.05, 0.1) is 17.8 Å². The average Bonchev–Trinajstić information content (AvgIpc) is 3.23. The van der Waals surface area contributed by atoms with E-state index in [-0.39, 0.29) is 0 Å². The van der Waals surface area contributed by atoms with Crippen LogP contribution in [0.1, 0.15) is 17.3 Å². The highest BCUT2D eigenvalue weighted by Gasteiger charge is 2.11. The Bertz CT molecular complexity index is 972. The SMILES string of the molecule is Cc1nc(CNc2nc(-c3ccsc3)nc3ccccc23)oc1C. The predicted molar refractivity (Wildman–Crippen MR) is 96.2 cm³/mol. The largest absolute Gasteiger partial charge is 0.444 e. The molecular formula is C18H16N4OS. The molecule has 4 aromatic rings. The van der Waals surface area contributed by atoms with Gasteiger partial charge in [-0.25, -0.2) is 15.0 Å². The van der Waals surface area contributed by atoms with E-state index in [1.165, 1.54) is 0 Å². The van der Waals surface area contributed by atoms with E-state index in [0.717, 1.165) is 39.6 Å². The third-order valence-electron chi connectivity index (χ3n) is 3.86. The summed E-state index contributed by atoms with van der Waals surface area (Å²) in [5.41, 5.74) is 2.85. The number of aromatic nitrogens is 3. The molecule has 0 aliphatic carbocycles. The van der Waals surface area contributed by atoms with Crippen molar-refractivity contribution in [2.24, 2.45) is 0 Å². The summed E-state index contributed by atoms with van der Waals surface area (Å²) < 4.78 is 5.64. The Morgan fingerprint density at radius 2 is 1.96 bits per heavy atom. The van der Waals surface area contributed by atoms with Crippen LogP contribution in [0.3, 0.4) is 0 Å². The molecule has 0 saturated carbocycles. The van der Waals surface area contributed by atoms with Crippen molar-refractivity contribution >= 4 is 28.1 Å². The highest BCUT2D eigenvalue weighted by molar-refractivity contribution is 7.08. The Hall–Kier alpha value is -2.73. The standard InChI is InChI=1S/C18H16N4OS/c1-11-12(2)23-16(20-11)9-19-18-14-5-3-4-6-15(14)21-17(22-18)13-7-8-24-10-13/h3-8,10H,9H2,1-2H3,(H,19,21,22). The monoisotopic (exact) mass is 336 g/mol. The quantitative estimate of drug-likeness (QED) is 0.591. The van der Waals surface area contributed by atoms with E-state index >= 15 is 0 Å². The van der Waals surface area contributed by atoms with E-state index in [9.17, 15) is 0 Å². The van der Waals surface area contributed by atoms with Crippen LogP contribution >= 0.6 is 11.3 Å². The number of nitrogens with one attached hydrogen (secondary N) is 1. The summed E-state index contributed by atoms with van der Waals surface area (Å²) in [6.45, 7) is 4.34. The third-order valence-corrected chi connectivity index (χ3v) is 4.55. The second-order valence-corrected chi connectivity index (χ2v) is 6.31. The molecule has 6 heteroatoms. The fourth-order valence-electron chi connectivity index (χ4n) is 2.51. The van der Waals surface area contributed by atoms with Crippen molar-refractivity contribution in [3.05, 3.63) is 58.4 Å². The molecule has 0 fully saturated rings. The van der Waals surface area contributed by atoms with Crippen molar-refractivity contribution in [3.8, 4) is 11.4 Å². The lowest BCUT2D eigenvalue weighted by Gasteiger charge is -2.09. The molecule has 0 aliphatic heterocycles. The molecule has 120 valence electrons. The van der Waals surface area contributed by atoms with Crippen molar-refractivity contribution in [2.75, 3.05) is 5.32 Å². The molecule has 1 N–H and O–H groups in total. The fourth-order valence-corrected chi connectivity index (χ4v) is 3.14. The highest BCUT2D eigenvalue weighted by Crippen LogP contribution is 2.26. The van der Waals surface area contributed by atoms with Crippen molar-refractivity contribution < 1.29 is 4.42 Å². The van der Waals surface area contributed by atoms with E-state index in [1.54, 1.807) is 11.3 Å². The van der Waals surface area contributed by atoms with Crippen LogP contribution in [0.2, 0.25) is 0 Å². The number of benzene rings is 1. The topological polar surface area (TPSA) is 63.8 Å². The minimum atomic E-state index is 0.485. The lowest BCUT2D eigenvalue weighted by atomic mass is 10.2. The maximum Gasteiger partial charge on any atom is 0.213 e. The molecule has 3 aromatic heterocycles. The number of nitrogens with zero attached hydrogens (tertiary/aromatic N) is 3. The Labute approximate surface area is 143 Å². The first-order valence-corrected chi connectivity index (χ1v) is 8.61. The fraction of sp³-hybridized carbons (Fsp3) is 0.167. The van der Waals surface area contributed by atoms with Gasteiger partial charge in [-0.05, 0) is 37.4 Å². The Kier molecular flexibility index (Phi) is 3.74. The molecule has 1 aromatic carbocycles. The first kappa shape index (κ1) is 14.8. The van der Waals surface area contributed by atoms with Gasteiger partial charge in [0.15, 0.2) is 5.82 Å². The maximum absolute atomic E-state index is 5.64. The zero-order valence-corrected chi connectivity index (χ0v) is 14.2. The highest BCUT2D eigenvalue weighted by atomic mass is 32.1. The molecule has 0 amide bonds. The molecule has 5 nitrogen and oxygen atoms in total. The van der Waals surface area contributed by atoms with Crippen LogP contribution < -0.4 is 5.32 Å². The first-order chi connectivity index (χ1) is 11.7. The van der Waals surface area contributed by atoms with Crippen LogP contribution in [-0.2, 0) is 6.54 Å². The summed E-state index contributed by atoms with van der Waals surface area (Å²) in [5, 5.41) is 8.40. The lowest BCUT2D eigenvalue weighted by molar-refractivity contribution is 0.478. The van der Waals surface area contributed by atoms with Gasteiger partial charge in [-0.2, -0.15) is 11.3 Å². The normalized spacial score (nSPS) is 11.1. The molecule has 0 atom stereocenters. The van der Waals surface area contributed by atoms with Crippen LogP contribution in [0.25, 0.3) is 22.3 Å². The molecular weight excluding hydrogens is 320 g/mol. The molecule has 0 radical (unpaired) electrons. The van der Waals surface area contributed by atoms with Gasteiger partial charge in [0, 0.05) is 16.3 Å². The van der Waals surface area contributed by atoms with Gasteiger partial charge < -0.3 is 9.73 Å². The molecule has 3 heterocycles. The van der Waals surface area contributed by atoms with Crippen molar-refractivity contribution in [1.29, 1.82) is 0 Å². The molecule has 4 rings (SSSR count). The van der Waals surface area contributed by atoms with Gasteiger partial charge in [-0.1, -0.05) is 12.1 Å². The maximum atomic E-state index is 5.64. The first-order valence-electron chi connectivity index (χ1n) is 7.67. The number of thiophene rings is 1. The summed E-state index contributed by atoms with van der Waals surface area (Å²) in [6.07, 6.45) is 0. The number of fused-ring (bicyclic) bond motifs is 1. The molecule has 0 saturated heterocycles. The minimum Gasteiger partial charge on any atom is -0.444 e. The van der Waals surface area contributed by atoms with Gasteiger partial charge >= 0.3 is 0 Å². The molecule has 0 bridgehead atoms. The predicted octanol–water partition coefficient (Wildman–Crippen LogP) is 4.58. The summed E-state index contributed by atoms with van der Waals surface area (Å²) in [5.74, 6) is 3.01. The van der Waals surface area contributed by atoms with E-state index < -0.39 is 0 Å². The van der Waals surface area contributed by atoms with Crippen LogP contribution in [0.5, 0.6) is 0 Å². The van der Waals surface area contributed by atoms with Crippen LogP contribution in [-0.4, -0.2) is 15.0 Å². The average molecular weight is 336 g/mol.